The van der Waals surface area contributed by atoms with Gasteiger partial charge in [0.05, 0.1) is 17.1 Å². The van der Waals surface area contributed by atoms with Crippen LogP contribution in [0.4, 0.5) is 5.69 Å². The molecule has 0 saturated heterocycles. The smallest absolute Gasteiger partial charge is 0.0974 e. The largest absolute Gasteiger partial charge is 0.282 e. The molecule has 0 spiro atoms. The molecule has 1 aliphatic rings. The molecule has 0 aliphatic heterocycles. The minimum atomic E-state index is -0.429. The molecule has 0 aromatic heterocycles. The Bertz CT molecular complexity index is 1680. The maximum Gasteiger partial charge on any atom is 0.0974 e. The summed E-state index contributed by atoms with van der Waals surface area (Å²) in [7, 11) is -0.429. The molecule has 5 aromatic carbocycles. The summed E-state index contributed by atoms with van der Waals surface area (Å²) in [5, 5.41) is 5.39. The minimum Gasteiger partial charge on any atom is -0.282 e. The molecule has 210 valence electrons. The van der Waals surface area contributed by atoms with Gasteiger partial charge in [-0.2, -0.15) is 0 Å². The normalized spacial score (nSPS) is 14.7. The average Bonchev–Trinajstić information content (AvgIpc) is 3.31. The van der Waals surface area contributed by atoms with Gasteiger partial charge in [0.1, 0.15) is 0 Å². The summed E-state index contributed by atoms with van der Waals surface area (Å²) in [6.07, 6.45) is 2.13. The fourth-order valence-electron chi connectivity index (χ4n) is 6.06. The van der Waals surface area contributed by atoms with Gasteiger partial charge >= 0.3 is 0 Å². The molecule has 3 heteroatoms. The second-order valence-electron chi connectivity index (χ2n) is 11.7. The Kier molecular flexibility index (Phi) is 8.45. The first-order valence-electron chi connectivity index (χ1n) is 15.2. The SMILES string of the molecule is CC(C)c1cccc(C(C)C)c1N=C1C(=NCCCP(c2ccccc2)c2ccccc2)c2cccc3cccc1c23. The highest BCUT2D eigenvalue weighted by Crippen LogP contribution is 2.39. The summed E-state index contributed by atoms with van der Waals surface area (Å²) in [6, 6.07) is 41.8. The molecule has 0 radical (unpaired) electrons. The van der Waals surface area contributed by atoms with Crippen LogP contribution in [0.2, 0.25) is 0 Å². The highest BCUT2D eigenvalue weighted by Gasteiger charge is 2.28. The highest BCUT2D eigenvalue weighted by atomic mass is 31.1. The molecule has 0 fully saturated rings. The van der Waals surface area contributed by atoms with Crippen LogP contribution < -0.4 is 10.6 Å². The van der Waals surface area contributed by atoms with E-state index < -0.39 is 7.92 Å². The van der Waals surface area contributed by atoms with Gasteiger partial charge in [0.15, 0.2) is 0 Å². The Morgan fingerprint density at radius 1 is 0.571 bits per heavy atom. The summed E-state index contributed by atoms with van der Waals surface area (Å²) in [5.74, 6) is 0.774. The molecule has 0 unspecified atom stereocenters. The van der Waals surface area contributed by atoms with Crippen molar-refractivity contribution in [1.82, 2.24) is 0 Å². The topological polar surface area (TPSA) is 24.7 Å². The Morgan fingerprint density at radius 3 is 1.64 bits per heavy atom. The van der Waals surface area contributed by atoms with Crippen LogP contribution in [0.15, 0.2) is 125 Å². The molecule has 0 heterocycles. The number of nitrogens with zero attached hydrogens (tertiary/aromatic N) is 2. The van der Waals surface area contributed by atoms with Gasteiger partial charge in [0, 0.05) is 23.1 Å². The van der Waals surface area contributed by atoms with Crippen LogP contribution in [0.3, 0.4) is 0 Å². The molecule has 6 rings (SSSR count). The lowest BCUT2D eigenvalue weighted by Gasteiger charge is -2.18. The van der Waals surface area contributed by atoms with Gasteiger partial charge in [-0.25, -0.2) is 4.99 Å². The zero-order valence-corrected chi connectivity index (χ0v) is 26.0. The molecule has 0 amide bonds. The molecule has 0 atom stereocenters. The molecule has 0 bridgehead atoms. The molecule has 42 heavy (non-hydrogen) atoms. The summed E-state index contributed by atoms with van der Waals surface area (Å²) in [5.41, 5.74) is 8.19. The lowest BCUT2D eigenvalue weighted by atomic mass is 9.92. The fraction of sp³-hybridized carbons (Fsp3) is 0.231. The predicted octanol–water partition coefficient (Wildman–Crippen LogP) is 9.53. The zero-order valence-electron chi connectivity index (χ0n) is 25.1. The third-order valence-corrected chi connectivity index (χ3v) is 10.8. The number of hydrogen-bond acceptors (Lipinski definition) is 2. The molecule has 2 nitrogen and oxygen atoms in total. The van der Waals surface area contributed by atoms with Crippen molar-refractivity contribution in [1.29, 1.82) is 0 Å². The van der Waals surface area contributed by atoms with Gasteiger partial charge in [-0.15, -0.1) is 0 Å². The van der Waals surface area contributed by atoms with Crippen molar-refractivity contribution in [3.05, 3.63) is 138 Å². The molecule has 0 saturated carbocycles. The van der Waals surface area contributed by atoms with Crippen LogP contribution in [0.5, 0.6) is 0 Å². The number of benzene rings is 5. The lowest BCUT2D eigenvalue weighted by Crippen LogP contribution is -2.15. The van der Waals surface area contributed by atoms with E-state index in [4.69, 9.17) is 9.98 Å². The van der Waals surface area contributed by atoms with E-state index in [1.54, 1.807) is 0 Å². The first-order valence-corrected chi connectivity index (χ1v) is 16.7. The van der Waals surface area contributed by atoms with E-state index in [2.05, 4.69) is 143 Å². The Morgan fingerprint density at radius 2 is 1.10 bits per heavy atom. The van der Waals surface area contributed by atoms with Gasteiger partial charge in [0.25, 0.3) is 0 Å². The van der Waals surface area contributed by atoms with Crippen LogP contribution in [0.25, 0.3) is 10.8 Å². The van der Waals surface area contributed by atoms with E-state index in [0.717, 1.165) is 36.2 Å². The van der Waals surface area contributed by atoms with Gasteiger partial charge in [0.2, 0.25) is 0 Å². The van der Waals surface area contributed by atoms with Crippen LogP contribution in [0.1, 0.15) is 68.2 Å². The third kappa shape index (κ3) is 5.61. The van der Waals surface area contributed by atoms with E-state index in [9.17, 15) is 0 Å². The van der Waals surface area contributed by atoms with Gasteiger partial charge < -0.3 is 0 Å². The molecular formula is C39H39N2P. The monoisotopic (exact) mass is 566 g/mol. The molecular weight excluding hydrogens is 527 g/mol. The van der Waals surface area contributed by atoms with Crippen LogP contribution in [-0.2, 0) is 0 Å². The van der Waals surface area contributed by atoms with E-state index in [-0.39, 0.29) is 0 Å². The second-order valence-corrected chi connectivity index (χ2v) is 14.0. The number of aliphatic imine (C=N–C) groups is 2. The van der Waals surface area contributed by atoms with E-state index in [1.807, 2.05) is 0 Å². The van der Waals surface area contributed by atoms with E-state index >= 15 is 0 Å². The Balaban J connectivity index is 1.39. The van der Waals surface area contributed by atoms with Gasteiger partial charge in [-0.1, -0.05) is 143 Å². The fourth-order valence-corrected chi connectivity index (χ4v) is 8.40. The number of hydrogen-bond donors (Lipinski definition) is 0. The quantitative estimate of drug-likeness (QED) is 0.125. The van der Waals surface area contributed by atoms with Crippen molar-refractivity contribution < 1.29 is 0 Å². The summed E-state index contributed by atoms with van der Waals surface area (Å²) < 4.78 is 0. The van der Waals surface area contributed by atoms with Crippen molar-refractivity contribution in [3.63, 3.8) is 0 Å². The predicted molar refractivity (Wildman–Crippen MR) is 185 cm³/mol. The summed E-state index contributed by atoms with van der Waals surface area (Å²) in [4.78, 5) is 10.9. The van der Waals surface area contributed by atoms with Crippen molar-refractivity contribution >= 4 is 46.4 Å². The van der Waals surface area contributed by atoms with Gasteiger partial charge in [-0.05, 0) is 59.5 Å². The van der Waals surface area contributed by atoms with Crippen LogP contribution in [0, 0.1) is 0 Å². The number of para-hydroxylation sites is 1. The Labute approximate surface area is 252 Å². The minimum absolute atomic E-state index is 0.387. The molecule has 1 aliphatic carbocycles. The second kappa shape index (κ2) is 12.6. The standard InChI is InChI=1S/C39H39N2P/c1-27(2)32-21-13-22-33(28(3)4)37(32)41-39-35-24-12-16-29-15-11-23-34(36(29)35)38(39)40-25-14-26-42(30-17-7-5-8-18-30)31-19-9-6-10-20-31/h5-13,15-24,27-28H,14,25-26H2,1-4H3. The highest BCUT2D eigenvalue weighted by molar-refractivity contribution is 7.73. The summed E-state index contributed by atoms with van der Waals surface area (Å²) >= 11 is 0. The summed E-state index contributed by atoms with van der Waals surface area (Å²) in [6.45, 7) is 9.83. The van der Waals surface area contributed by atoms with Crippen LogP contribution in [-0.4, -0.2) is 24.1 Å². The first-order chi connectivity index (χ1) is 20.5. The van der Waals surface area contributed by atoms with Gasteiger partial charge in [-0.3, -0.25) is 4.99 Å². The number of rotatable bonds is 9. The van der Waals surface area contributed by atoms with E-state index in [1.165, 1.54) is 43.6 Å². The zero-order chi connectivity index (χ0) is 29.1. The average molecular weight is 567 g/mol. The maximum atomic E-state index is 5.52. The van der Waals surface area contributed by atoms with Crippen molar-refractivity contribution in [2.45, 2.75) is 46.0 Å². The first kappa shape index (κ1) is 28.3. The Hall–Kier alpha value is -3.87. The van der Waals surface area contributed by atoms with Crippen molar-refractivity contribution in [3.8, 4) is 0 Å². The molecule has 0 N–H and O–H groups in total. The maximum absolute atomic E-state index is 5.52. The van der Waals surface area contributed by atoms with E-state index in [0.29, 0.717) is 11.8 Å². The third-order valence-electron chi connectivity index (χ3n) is 8.15. The van der Waals surface area contributed by atoms with Crippen molar-refractivity contribution in [2.24, 2.45) is 9.98 Å². The lowest BCUT2D eigenvalue weighted by molar-refractivity contribution is 0.835. The van der Waals surface area contributed by atoms with Crippen LogP contribution >= 0.6 is 7.92 Å². The molecule has 5 aromatic rings. The van der Waals surface area contributed by atoms with Crippen molar-refractivity contribution in [2.75, 3.05) is 12.7 Å².